The largest absolute Gasteiger partial charge is 0.316 e. The summed E-state index contributed by atoms with van der Waals surface area (Å²) >= 11 is 0. The molecule has 5 nitrogen and oxygen atoms in total. The van der Waals surface area contributed by atoms with E-state index in [0.29, 0.717) is 12.1 Å². The summed E-state index contributed by atoms with van der Waals surface area (Å²) in [5.41, 5.74) is 0.591. The van der Waals surface area contributed by atoms with Crippen molar-refractivity contribution in [3.05, 3.63) is 29.8 Å². The van der Waals surface area contributed by atoms with E-state index in [1.165, 1.54) is 12.1 Å². The lowest BCUT2D eigenvalue weighted by atomic mass is 10.2. The van der Waals surface area contributed by atoms with Gasteiger partial charge in [0.05, 0.1) is 16.4 Å². The van der Waals surface area contributed by atoms with Crippen LogP contribution in [-0.4, -0.2) is 41.9 Å². The molecule has 0 heterocycles. The van der Waals surface area contributed by atoms with Crippen LogP contribution in [0.25, 0.3) is 0 Å². The summed E-state index contributed by atoms with van der Waals surface area (Å²) in [6, 6.07) is 6.01. The highest BCUT2D eigenvalue weighted by Crippen LogP contribution is 2.13. The van der Waals surface area contributed by atoms with E-state index in [0.717, 1.165) is 12.8 Å². The van der Waals surface area contributed by atoms with Gasteiger partial charge in [-0.05, 0) is 24.2 Å². The number of sulfone groups is 2. The fourth-order valence-corrected chi connectivity index (χ4v) is 3.59. The Kier molecular flexibility index (Phi) is 5.51. The summed E-state index contributed by atoms with van der Waals surface area (Å²) in [4.78, 5) is 0.225. The van der Waals surface area contributed by atoms with Gasteiger partial charge >= 0.3 is 0 Å². The molecule has 0 atom stereocenters. The van der Waals surface area contributed by atoms with Crippen LogP contribution >= 0.6 is 0 Å². The molecule has 19 heavy (non-hydrogen) atoms. The minimum absolute atomic E-state index is 0.0340. The van der Waals surface area contributed by atoms with Gasteiger partial charge < -0.3 is 5.32 Å². The Hall–Kier alpha value is -0.920. The number of hydrogen-bond donors (Lipinski definition) is 1. The fourth-order valence-electron chi connectivity index (χ4n) is 1.60. The summed E-state index contributed by atoms with van der Waals surface area (Å²) in [6.07, 6.45) is 1.15. The predicted octanol–water partition coefficient (Wildman–Crippen LogP) is 0.614. The highest BCUT2D eigenvalue weighted by Gasteiger charge is 2.14. The Balaban J connectivity index is 2.81. The molecule has 0 aromatic heterocycles. The van der Waals surface area contributed by atoms with Gasteiger partial charge in [0.25, 0.3) is 0 Å². The van der Waals surface area contributed by atoms with E-state index < -0.39 is 19.7 Å². The minimum atomic E-state index is -3.30. The molecule has 0 saturated heterocycles. The number of benzene rings is 1. The Morgan fingerprint density at radius 2 is 1.63 bits per heavy atom. The normalized spacial score (nSPS) is 12.5. The molecule has 0 aliphatic rings. The van der Waals surface area contributed by atoms with Crippen molar-refractivity contribution in [2.24, 2.45) is 0 Å². The Morgan fingerprint density at radius 3 is 2.11 bits per heavy atom. The lowest BCUT2D eigenvalue weighted by Crippen LogP contribution is -2.22. The molecule has 0 spiro atoms. The van der Waals surface area contributed by atoms with Crippen molar-refractivity contribution in [3.8, 4) is 0 Å². The predicted molar refractivity (Wildman–Crippen MR) is 75.6 cm³/mol. The second kappa shape index (κ2) is 6.49. The Morgan fingerprint density at radius 1 is 1.05 bits per heavy atom. The van der Waals surface area contributed by atoms with Crippen LogP contribution in [0.4, 0.5) is 0 Å². The molecule has 1 aromatic carbocycles. The second-order valence-electron chi connectivity index (χ2n) is 4.39. The first-order chi connectivity index (χ1) is 8.74. The van der Waals surface area contributed by atoms with Crippen molar-refractivity contribution in [2.75, 3.05) is 25.1 Å². The standard InChI is InChI=1S/C12H19NO4S2/c1-3-13-8-9-19(16,17)12-6-4-11(5-7-12)10-18(2,14)15/h4-7,13H,3,8-10H2,1-2H3. The summed E-state index contributed by atoms with van der Waals surface area (Å²) in [5, 5.41) is 2.96. The molecule has 0 bridgehead atoms. The third-order valence-corrected chi connectivity index (χ3v) is 5.10. The summed E-state index contributed by atoms with van der Waals surface area (Å²) < 4.78 is 46.2. The van der Waals surface area contributed by atoms with Gasteiger partial charge in [-0.3, -0.25) is 0 Å². The molecule has 7 heteroatoms. The van der Waals surface area contributed by atoms with Crippen LogP contribution in [-0.2, 0) is 25.4 Å². The number of hydrogen-bond acceptors (Lipinski definition) is 5. The smallest absolute Gasteiger partial charge is 0.179 e. The molecule has 0 fully saturated rings. The van der Waals surface area contributed by atoms with Gasteiger partial charge in [-0.1, -0.05) is 19.1 Å². The second-order valence-corrected chi connectivity index (χ2v) is 8.64. The molecule has 0 aliphatic heterocycles. The van der Waals surface area contributed by atoms with Crippen LogP contribution in [0.15, 0.2) is 29.2 Å². The van der Waals surface area contributed by atoms with Crippen molar-refractivity contribution < 1.29 is 16.8 Å². The van der Waals surface area contributed by atoms with E-state index in [2.05, 4.69) is 5.32 Å². The zero-order valence-corrected chi connectivity index (χ0v) is 12.7. The average molecular weight is 305 g/mol. The summed E-state index contributed by atoms with van der Waals surface area (Å²) in [5.74, 6) is -0.0447. The van der Waals surface area contributed by atoms with E-state index in [1.807, 2.05) is 6.92 Å². The van der Waals surface area contributed by atoms with Crippen LogP contribution in [0.2, 0.25) is 0 Å². The number of nitrogens with one attached hydrogen (secondary N) is 1. The van der Waals surface area contributed by atoms with Gasteiger partial charge in [0.2, 0.25) is 0 Å². The maximum absolute atomic E-state index is 11.9. The van der Waals surface area contributed by atoms with E-state index >= 15 is 0 Å². The number of rotatable bonds is 7. The molecule has 0 saturated carbocycles. The van der Waals surface area contributed by atoms with Crippen LogP contribution in [0.1, 0.15) is 12.5 Å². The minimum Gasteiger partial charge on any atom is -0.316 e. The Bertz CT molecular complexity index is 604. The Labute approximate surface area is 114 Å². The van der Waals surface area contributed by atoms with Gasteiger partial charge in [-0.15, -0.1) is 0 Å². The molecular formula is C12H19NO4S2. The first-order valence-electron chi connectivity index (χ1n) is 5.95. The molecule has 1 N–H and O–H groups in total. The van der Waals surface area contributed by atoms with Crippen molar-refractivity contribution in [1.29, 1.82) is 0 Å². The first-order valence-corrected chi connectivity index (χ1v) is 9.66. The van der Waals surface area contributed by atoms with E-state index in [9.17, 15) is 16.8 Å². The van der Waals surface area contributed by atoms with Crippen LogP contribution in [0.5, 0.6) is 0 Å². The van der Waals surface area contributed by atoms with Crippen LogP contribution < -0.4 is 5.32 Å². The van der Waals surface area contributed by atoms with Crippen molar-refractivity contribution in [1.82, 2.24) is 5.32 Å². The fraction of sp³-hybridized carbons (Fsp3) is 0.500. The van der Waals surface area contributed by atoms with E-state index in [-0.39, 0.29) is 16.4 Å². The molecule has 1 rings (SSSR count). The summed E-state index contributed by atoms with van der Waals surface area (Å²) in [6.45, 7) is 3.04. The van der Waals surface area contributed by atoms with E-state index in [4.69, 9.17) is 0 Å². The quantitative estimate of drug-likeness (QED) is 0.747. The van der Waals surface area contributed by atoms with Gasteiger partial charge in [0.15, 0.2) is 19.7 Å². The lowest BCUT2D eigenvalue weighted by Gasteiger charge is -2.06. The highest BCUT2D eigenvalue weighted by molar-refractivity contribution is 7.91. The molecule has 0 radical (unpaired) electrons. The topological polar surface area (TPSA) is 80.3 Å². The molecular weight excluding hydrogens is 286 g/mol. The van der Waals surface area contributed by atoms with Crippen molar-refractivity contribution in [2.45, 2.75) is 17.6 Å². The molecule has 0 amide bonds. The third kappa shape index (κ3) is 5.71. The average Bonchev–Trinajstić information content (AvgIpc) is 2.27. The SMILES string of the molecule is CCNCCS(=O)(=O)c1ccc(CS(C)(=O)=O)cc1. The highest BCUT2D eigenvalue weighted by atomic mass is 32.2. The van der Waals surface area contributed by atoms with Gasteiger partial charge in [-0.25, -0.2) is 16.8 Å². The van der Waals surface area contributed by atoms with Gasteiger partial charge in [0, 0.05) is 12.8 Å². The summed E-state index contributed by atoms with van der Waals surface area (Å²) in [7, 11) is -6.41. The van der Waals surface area contributed by atoms with Gasteiger partial charge in [0.1, 0.15) is 0 Å². The third-order valence-electron chi connectivity index (χ3n) is 2.51. The molecule has 1 aromatic rings. The van der Waals surface area contributed by atoms with Crippen LogP contribution in [0.3, 0.4) is 0 Å². The van der Waals surface area contributed by atoms with Gasteiger partial charge in [-0.2, -0.15) is 0 Å². The maximum atomic E-state index is 11.9. The van der Waals surface area contributed by atoms with Crippen molar-refractivity contribution in [3.63, 3.8) is 0 Å². The molecule has 108 valence electrons. The molecule has 0 unspecified atom stereocenters. The lowest BCUT2D eigenvalue weighted by molar-refractivity contribution is 0.592. The zero-order valence-electron chi connectivity index (χ0n) is 11.1. The molecule has 0 aliphatic carbocycles. The monoisotopic (exact) mass is 305 g/mol. The first kappa shape index (κ1) is 16.1. The van der Waals surface area contributed by atoms with Crippen LogP contribution in [0, 0.1) is 0 Å². The zero-order chi connectivity index (χ0) is 14.5. The maximum Gasteiger partial charge on any atom is 0.179 e. The van der Waals surface area contributed by atoms with Crippen molar-refractivity contribution >= 4 is 19.7 Å². The van der Waals surface area contributed by atoms with E-state index in [1.54, 1.807) is 12.1 Å².